The van der Waals surface area contributed by atoms with Gasteiger partial charge in [-0.3, -0.25) is 0 Å². The number of hydrogen-bond donors (Lipinski definition) is 1. The fraction of sp³-hybridized carbons (Fsp3) is 0.538. The van der Waals surface area contributed by atoms with Gasteiger partial charge in [-0.05, 0) is 26.2 Å². The van der Waals surface area contributed by atoms with Gasteiger partial charge < -0.3 is 15.0 Å². The van der Waals surface area contributed by atoms with Crippen LogP contribution in [0.1, 0.15) is 47.9 Å². The lowest BCUT2D eigenvalue weighted by Gasteiger charge is -2.06. The van der Waals surface area contributed by atoms with E-state index in [-0.39, 0.29) is 5.69 Å². The molecule has 18 heavy (non-hydrogen) atoms. The van der Waals surface area contributed by atoms with E-state index in [0.717, 1.165) is 37.9 Å². The van der Waals surface area contributed by atoms with Crippen LogP contribution in [0.2, 0.25) is 0 Å². The van der Waals surface area contributed by atoms with Crippen LogP contribution >= 0.6 is 0 Å². The lowest BCUT2D eigenvalue weighted by Crippen LogP contribution is -2.10. The Bertz CT molecular complexity index is 511. The van der Waals surface area contributed by atoms with Crippen molar-refractivity contribution in [2.75, 3.05) is 12.3 Å². The first-order chi connectivity index (χ1) is 8.70. The predicted molar refractivity (Wildman–Crippen MR) is 67.1 cm³/mol. The third kappa shape index (κ3) is 1.94. The van der Waals surface area contributed by atoms with Crippen LogP contribution in [0.3, 0.4) is 0 Å². The van der Waals surface area contributed by atoms with Crippen LogP contribution in [-0.4, -0.2) is 17.1 Å². The van der Waals surface area contributed by atoms with Crippen LogP contribution in [0, 0.1) is 11.3 Å². The molecule has 5 heteroatoms. The lowest BCUT2D eigenvalue weighted by atomic mass is 10.1. The number of ether oxygens (including phenoxy) is 1. The number of hydrogen-bond acceptors (Lipinski definition) is 4. The first kappa shape index (κ1) is 12.5. The van der Waals surface area contributed by atoms with Crippen molar-refractivity contribution in [3.8, 4) is 6.07 Å². The summed E-state index contributed by atoms with van der Waals surface area (Å²) < 4.78 is 6.92. The maximum atomic E-state index is 12.0. The van der Waals surface area contributed by atoms with Crippen LogP contribution in [0.25, 0.3) is 0 Å². The number of nitriles is 1. The van der Waals surface area contributed by atoms with Gasteiger partial charge >= 0.3 is 5.97 Å². The normalized spacial score (nSPS) is 14.4. The molecule has 0 saturated carbocycles. The molecule has 0 amide bonds. The third-order valence-corrected chi connectivity index (χ3v) is 3.29. The van der Waals surface area contributed by atoms with E-state index in [1.807, 2.05) is 4.57 Å². The Labute approximate surface area is 106 Å². The van der Waals surface area contributed by atoms with E-state index in [4.69, 9.17) is 10.5 Å². The predicted octanol–water partition coefficient (Wildman–Crippen LogP) is 1.85. The van der Waals surface area contributed by atoms with E-state index in [1.165, 1.54) is 0 Å². The molecule has 0 radical (unpaired) electrons. The zero-order chi connectivity index (χ0) is 13.1. The molecule has 0 fully saturated rings. The van der Waals surface area contributed by atoms with E-state index < -0.39 is 5.97 Å². The van der Waals surface area contributed by atoms with Gasteiger partial charge in [-0.15, -0.1) is 0 Å². The Morgan fingerprint density at radius 2 is 2.28 bits per heavy atom. The summed E-state index contributed by atoms with van der Waals surface area (Å²) in [6.07, 6.45) is 3.91. The number of carbonyl (C=O) groups excluding carboxylic acids is 1. The van der Waals surface area contributed by atoms with Gasteiger partial charge in [0.25, 0.3) is 0 Å². The number of carbonyl (C=O) groups is 1. The highest BCUT2D eigenvalue weighted by Gasteiger charge is 2.27. The Hall–Kier alpha value is -1.96. The Morgan fingerprint density at radius 1 is 1.50 bits per heavy atom. The maximum Gasteiger partial charge on any atom is 0.342 e. The Morgan fingerprint density at radius 3 is 2.94 bits per heavy atom. The number of nitrogens with two attached hydrogens (primary N) is 1. The Kier molecular flexibility index (Phi) is 3.56. The molecule has 1 aliphatic rings. The zero-order valence-electron chi connectivity index (χ0n) is 10.5. The van der Waals surface area contributed by atoms with E-state index >= 15 is 0 Å². The number of anilines is 1. The number of nitrogen functional groups attached to an aromatic ring is 1. The zero-order valence-corrected chi connectivity index (χ0v) is 10.5. The molecule has 0 spiro atoms. The molecule has 0 atom stereocenters. The first-order valence-electron chi connectivity index (χ1n) is 6.28. The third-order valence-electron chi connectivity index (χ3n) is 3.29. The van der Waals surface area contributed by atoms with E-state index in [0.29, 0.717) is 17.9 Å². The summed E-state index contributed by atoms with van der Waals surface area (Å²) in [7, 11) is 0. The molecular formula is C13H17N3O2. The standard InChI is InChI=1S/C13H17N3O2/c1-2-18-13(17)11-9-6-4-3-5-7-16(9)10(8-14)12(11)15/h2-7,15H2,1H3. The molecule has 0 aliphatic carbocycles. The molecule has 0 aromatic carbocycles. The quantitative estimate of drug-likeness (QED) is 0.808. The highest BCUT2D eigenvalue weighted by Crippen LogP contribution is 2.30. The molecule has 96 valence electrons. The van der Waals surface area contributed by atoms with E-state index in [9.17, 15) is 10.1 Å². The fourth-order valence-corrected chi connectivity index (χ4v) is 2.49. The van der Waals surface area contributed by atoms with Crippen molar-refractivity contribution in [3.63, 3.8) is 0 Å². The summed E-state index contributed by atoms with van der Waals surface area (Å²) >= 11 is 0. The second-order valence-corrected chi connectivity index (χ2v) is 4.38. The average molecular weight is 247 g/mol. The summed E-state index contributed by atoms with van der Waals surface area (Å²) in [5.74, 6) is -0.415. The summed E-state index contributed by atoms with van der Waals surface area (Å²) in [4.78, 5) is 12.0. The maximum absolute atomic E-state index is 12.0. The Balaban J connectivity index is 2.55. The van der Waals surface area contributed by atoms with Crippen LogP contribution in [0.4, 0.5) is 5.69 Å². The SMILES string of the molecule is CCOC(=O)c1c(N)c(C#N)n2c1CCCCC2. The van der Waals surface area contributed by atoms with Crippen molar-refractivity contribution in [3.05, 3.63) is 17.0 Å². The number of esters is 1. The lowest BCUT2D eigenvalue weighted by molar-refractivity contribution is 0.0526. The van der Waals surface area contributed by atoms with Crippen molar-refractivity contribution in [1.82, 2.24) is 4.57 Å². The molecule has 2 heterocycles. The van der Waals surface area contributed by atoms with Crippen LogP contribution < -0.4 is 5.73 Å². The van der Waals surface area contributed by atoms with E-state index in [1.54, 1.807) is 6.92 Å². The van der Waals surface area contributed by atoms with Gasteiger partial charge in [0.15, 0.2) is 0 Å². The van der Waals surface area contributed by atoms with Gasteiger partial charge in [-0.25, -0.2) is 4.79 Å². The molecule has 1 aromatic rings. The van der Waals surface area contributed by atoms with Crippen molar-refractivity contribution >= 4 is 11.7 Å². The van der Waals surface area contributed by atoms with Crippen LogP contribution in [-0.2, 0) is 17.7 Å². The highest BCUT2D eigenvalue weighted by molar-refractivity contribution is 5.98. The largest absolute Gasteiger partial charge is 0.462 e. The van der Waals surface area contributed by atoms with Crippen LogP contribution in [0.5, 0.6) is 0 Å². The minimum absolute atomic E-state index is 0.271. The molecular weight excluding hydrogens is 230 g/mol. The molecule has 2 rings (SSSR count). The van der Waals surface area contributed by atoms with Gasteiger partial charge in [0.05, 0.1) is 12.3 Å². The second-order valence-electron chi connectivity index (χ2n) is 4.38. The monoisotopic (exact) mass is 247 g/mol. The summed E-state index contributed by atoms with van der Waals surface area (Å²) in [5, 5.41) is 9.19. The number of rotatable bonds is 2. The summed E-state index contributed by atoms with van der Waals surface area (Å²) in [6.45, 7) is 2.82. The van der Waals surface area contributed by atoms with Gasteiger partial charge in [-0.1, -0.05) is 6.42 Å². The van der Waals surface area contributed by atoms with Gasteiger partial charge in [0.2, 0.25) is 0 Å². The summed E-state index contributed by atoms with van der Waals surface area (Å²) in [6, 6.07) is 2.10. The summed E-state index contributed by atoms with van der Waals surface area (Å²) in [5.41, 5.74) is 7.86. The van der Waals surface area contributed by atoms with Gasteiger partial charge in [0.1, 0.15) is 17.3 Å². The smallest absolute Gasteiger partial charge is 0.342 e. The van der Waals surface area contributed by atoms with Gasteiger partial charge in [0, 0.05) is 12.2 Å². The minimum Gasteiger partial charge on any atom is -0.462 e. The molecule has 0 bridgehead atoms. The second kappa shape index (κ2) is 5.13. The van der Waals surface area contributed by atoms with Gasteiger partial charge in [-0.2, -0.15) is 5.26 Å². The highest BCUT2D eigenvalue weighted by atomic mass is 16.5. The van der Waals surface area contributed by atoms with Crippen molar-refractivity contribution in [2.45, 2.75) is 39.2 Å². The first-order valence-corrected chi connectivity index (χ1v) is 6.28. The molecule has 2 N–H and O–H groups in total. The fourth-order valence-electron chi connectivity index (χ4n) is 2.49. The molecule has 1 aliphatic heterocycles. The van der Waals surface area contributed by atoms with Crippen molar-refractivity contribution < 1.29 is 9.53 Å². The van der Waals surface area contributed by atoms with Crippen molar-refractivity contribution in [2.24, 2.45) is 0 Å². The number of nitrogens with zero attached hydrogens (tertiary/aromatic N) is 2. The van der Waals surface area contributed by atoms with E-state index in [2.05, 4.69) is 6.07 Å². The minimum atomic E-state index is -0.415. The number of aromatic nitrogens is 1. The molecule has 0 saturated heterocycles. The average Bonchev–Trinajstić information content (AvgIpc) is 2.51. The van der Waals surface area contributed by atoms with Crippen molar-refractivity contribution in [1.29, 1.82) is 5.26 Å². The number of fused-ring (bicyclic) bond motifs is 1. The van der Waals surface area contributed by atoms with Crippen LogP contribution in [0.15, 0.2) is 0 Å². The molecule has 0 unspecified atom stereocenters. The topological polar surface area (TPSA) is 81.0 Å². The molecule has 5 nitrogen and oxygen atoms in total. The molecule has 1 aromatic heterocycles.